The molecule has 0 spiro atoms. The van der Waals surface area contributed by atoms with Crippen molar-refractivity contribution in [3.05, 3.63) is 63.6 Å². The number of aryl methyl sites for hydroxylation is 2. The van der Waals surface area contributed by atoms with Crippen LogP contribution in [-0.2, 0) is 32.4 Å². The summed E-state index contributed by atoms with van der Waals surface area (Å²) in [5, 5.41) is 0. The molecule has 5 nitrogen and oxygen atoms in total. The van der Waals surface area contributed by atoms with Gasteiger partial charge < -0.3 is 4.74 Å². The molecule has 1 aliphatic carbocycles. The molecule has 1 atom stereocenters. The number of fused-ring (bicyclic) bond motifs is 1. The van der Waals surface area contributed by atoms with Crippen molar-refractivity contribution < 1.29 is 17.9 Å². The van der Waals surface area contributed by atoms with Gasteiger partial charge in [-0.3, -0.25) is 4.79 Å². The van der Waals surface area contributed by atoms with Crippen LogP contribution in [0.2, 0.25) is 0 Å². The van der Waals surface area contributed by atoms with Crippen LogP contribution >= 0.6 is 15.9 Å². The Balaban J connectivity index is 1.89. The first-order chi connectivity index (χ1) is 12.4. The van der Waals surface area contributed by atoms with E-state index in [1.807, 2.05) is 18.2 Å². The van der Waals surface area contributed by atoms with Gasteiger partial charge in [-0.1, -0.05) is 34.1 Å². The van der Waals surface area contributed by atoms with Gasteiger partial charge in [0.2, 0.25) is 10.0 Å². The van der Waals surface area contributed by atoms with E-state index in [9.17, 15) is 13.2 Å². The zero-order valence-electron chi connectivity index (χ0n) is 14.4. The SMILES string of the molecule is COC(=O)CC(NS(=O)(=O)c1ccc2c(c1)CCC2)c1ccc(Br)cc1. The fourth-order valence-corrected chi connectivity index (χ4v) is 4.68. The average Bonchev–Trinajstić information content (AvgIpc) is 3.09. The molecule has 1 N–H and O–H groups in total. The maximum absolute atomic E-state index is 12.9. The Morgan fingerprint density at radius 1 is 1.15 bits per heavy atom. The van der Waals surface area contributed by atoms with E-state index in [4.69, 9.17) is 4.74 Å². The normalized spacial score (nSPS) is 14.7. The lowest BCUT2D eigenvalue weighted by molar-refractivity contribution is -0.141. The molecule has 138 valence electrons. The van der Waals surface area contributed by atoms with E-state index in [1.54, 1.807) is 24.3 Å². The maximum atomic E-state index is 12.9. The van der Waals surface area contributed by atoms with Gasteiger partial charge in [0.15, 0.2) is 0 Å². The largest absolute Gasteiger partial charge is 0.469 e. The summed E-state index contributed by atoms with van der Waals surface area (Å²) in [5.41, 5.74) is 2.99. The minimum absolute atomic E-state index is 0.0810. The van der Waals surface area contributed by atoms with Crippen molar-refractivity contribution in [1.29, 1.82) is 0 Å². The fraction of sp³-hybridized carbons (Fsp3) is 0.316. The summed E-state index contributed by atoms with van der Waals surface area (Å²) in [6.07, 6.45) is 2.86. The summed E-state index contributed by atoms with van der Waals surface area (Å²) in [6.45, 7) is 0. The monoisotopic (exact) mass is 437 g/mol. The van der Waals surface area contributed by atoms with Gasteiger partial charge in [-0.2, -0.15) is 0 Å². The van der Waals surface area contributed by atoms with Crippen LogP contribution in [0.4, 0.5) is 0 Å². The maximum Gasteiger partial charge on any atom is 0.307 e. The number of nitrogens with one attached hydrogen (secondary N) is 1. The molecule has 0 bridgehead atoms. The molecule has 7 heteroatoms. The molecule has 0 radical (unpaired) electrons. The number of ether oxygens (including phenoxy) is 1. The molecule has 0 heterocycles. The number of methoxy groups -OCH3 is 1. The van der Waals surface area contributed by atoms with Crippen LogP contribution in [0.3, 0.4) is 0 Å². The second-order valence-corrected chi connectivity index (χ2v) is 8.92. The number of carbonyl (C=O) groups excluding carboxylic acids is 1. The van der Waals surface area contributed by atoms with Crippen molar-refractivity contribution >= 4 is 31.9 Å². The van der Waals surface area contributed by atoms with E-state index in [2.05, 4.69) is 20.7 Å². The molecule has 0 aromatic heterocycles. The van der Waals surface area contributed by atoms with E-state index < -0.39 is 22.0 Å². The molecule has 1 aliphatic rings. The Kier molecular flexibility index (Phi) is 5.79. The summed E-state index contributed by atoms with van der Waals surface area (Å²) in [5.74, 6) is -0.477. The first-order valence-corrected chi connectivity index (χ1v) is 10.6. The third-order valence-electron chi connectivity index (χ3n) is 4.55. The van der Waals surface area contributed by atoms with Gasteiger partial charge in [0, 0.05) is 4.47 Å². The molecule has 2 aromatic carbocycles. The van der Waals surface area contributed by atoms with Crippen LogP contribution in [0.25, 0.3) is 0 Å². The minimum atomic E-state index is -3.76. The van der Waals surface area contributed by atoms with Gasteiger partial charge in [0.1, 0.15) is 0 Å². The molecule has 0 aliphatic heterocycles. The van der Waals surface area contributed by atoms with E-state index in [0.717, 1.165) is 29.3 Å². The number of halogens is 1. The van der Waals surface area contributed by atoms with E-state index in [1.165, 1.54) is 12.7 Å². The summed E-state index contributed by atoms with van der Waals surface area (Å²) in [4.78, 5) is 12.0. The number of rotatable bonds is 6. The van der Waals surface area contributed by atoms with Crippen LogP contribution in [0, 0.1) is 0 Å². The van der Waals surface area contributed by atoms with Crippen LogP contribution in [-0.4, -0.2) is 21.5 Å². The van der Waals surface area contributed by atoms with Gasteiger partial charge in [0.25, 0.3) is 0 Å². The second-order valence-electron chi connectivity index (χ2n) is 6.29. The van der Waals surface area contributed by atoms with Gasteiger partial charge >= 0.3 is 5.97 Å². The van der Waals surface area contributed by atoms with E-state index in [-0.39, 0.29) is 11.3 Å². The summed E-state index contributed by atoms with van der Waals surface area (Å²) in [6, 6.07) is 11.7. The highest BCUT2D eigenvalue weighted by Crippen LogP contribution is 2.27. The van der Waals surface area contributed by atoms with Gasteiger partial charge in [-0.05, 0) is 60.2 Å². The Labute approximate surface area is 161 Å². The van der Waals surface area contributed by atoms with Crippen LogP contribution < -0.4 is 4.72 Å². The van der Waals surface area contributed by atoms with Crippen molar-refractivity contribution in [1.82, 2.24) is 4.72 Å². The number of esters is 1. The average molecular weight is 438 g/mol. The van der Waals surface area contributed by atoms with Gasteiger partial charge in [-0.15, -0.1) is 0 Å². The number of hydrogen-bond acceptors (Lipinski definition) is 4. The first-order valence-electron chi connectivity index (χ1n) is 8.35. The zero-order valence-corrected chi connectivity index (χ0v) is 16.8. The number of benzene rings is 2. The molecular weight excluding hydrogens is 418 g/mol. The van der Waals surface area contributed by atoms with E-state index >= 15 is 0 Å². The highest BCUT2D eigenvalue weighted by molar-refractivity contribution is 9.10. The molecule has 0 saturated carbocycles. The van der Waals surface area contributed by atoms with Crippen molar-refractivity contribution in [2.75, 3.05) is 7.11 Å². The molecule has 3 rings (SSSR count). The quantitative estimate of drug-likeness (QED) is 0.701. The predicted octanol–water partition coefficient (Wildman–Crippen LogP) is 3.52. The third-order valence-corrected chi connectivity index (χ3v) is 6.55. The zero-order chi connectivity index (χ0) is 18.7. The summed E-state index contributed by atoms with van der Waals surface area (Å²) < 4.78 is 34.0. The van der Waals surface area contributed by atoms with Crippen molar-refractivity contribution in [3.63, 3.8) is 0 Å². The van der Waals surface area contributed by atoms with Gasteiger partial charge in [0.05, 0.1) is 24.5 Å². The topological polar surface area (TPSA) is 72.5 Å². The molecule has 0 amide bonds. The summed E-state index contributed by atoms with van der Waals surface area (Å²) >= 11 is 3.36. The highest BCUT2D eigenvalue weighted by atomic mass is 79.9. The molecule has 1 unspecified atom stereocenters. The molecular formula is C19H20BrNO4S. The summed E-state index contributed by atoms with van der Waals surface area (Å²) in [7, 11) is -2.48. The second kappa shape index (κ2) is 7.90. The predicted molar refractivity (Wildman–Crippen MR) is 102 cm³/mol. The Morgan fingerprint density at radius 2 is 1.85 bits per heavy atom. The standard InChI is InChI=1S/C19H20BrNO4S/c1-25-19(22)12-18(14-5-8-16(20)9-6-14)21-26(23,24)17-10-7-13-3-2-4-15(13)11-17/h5-11,18,21H,2-4,12H2,1H3. The number of carbonyl (C=O) groups is 1. The van der Waals surface area contributed by atoms with Crippen LogP contribution in [0.15, 0.2) is 51.8 Å². The highest BCUT2D eigenvalue weighted by Gasteiger charge is 2.25. The van der Waals surface area contributed by atoms with Crippen molar-refractivity contribution in [2.24, 2.45) is 0 Å². The first kappa shape index (κ1) is 19.1. The number of hydrogen-bond donors (Lipinski definition) is 1. The van der Waals surface area contributed by atoms with Crippen LogP contribution in [0.1, 0.15) is 35.6 Å². The lowest BCUT2D eigenvalue weighted by Gasteiger charge is -2.19. The molecule has 0 saturated heterocycles. The Hall–Kier alpha value is -1.70. The van der Waals surface area contributed by atoms with Crippen LogP contribution in [0.5, 0.6) is 0 Å². The fourth-order valence-electron chi connectivity index (χ4n) is 3.14. The molecule has 0 fully saturated rings. The lowest BCUT2D eigenvalue weighted by atomic mass is 10.1. The minimum Gasteiger partial charge on any atom is -0.469 e. The van der Waals surface area contributed by atoms with E-state index in [0.29, 0.717) is 5.56 Å². The van der Waals surface area contributed by atoms with Crippen molar-refractivity contribution in [3.8, 4) is 0 Å². The molecule has 2 aromatic rings. The Bertz CT molecular complexity index is 910. The lowest BCUT2D eigenvalue weighted by Crippen LogP contribution is -2.30. The van der Waals surface area contributed by atoms with Gasteiger partial charge in [-0.25, -0.2) is 13.1 Å². The third kappa shape index (κ3) is 4.34. The number of sulfonamides is 1. The van der Waals surface area contributed by atoms with Crippen molar-refractivity contribution in [2.45, 2.75) is 36.6 Å². The smallest absolute Gasteiger partial charge is 0.307 e. The molecule has 26 heavy (non-hydrogen) atoms. The Morgan fingerprint density at radius 3 is 2.54 bits per heavy atom.